The van der Waals surface area contributed by atoms with Gasteiger partial charge in [-0.15, -0.1) is 0 Å². The molecule has 4 N–H and O–H groups in total. The van der Waals surface area contributed by atoms with Crippen molar-refractivity contribution in [2.75, 3.05) is 25.2 Å². The standard InChI is InChI=1S/C15H25NO8S/c1-7(18)16-9(15(21)22-2)6-25-5-8-3-10-14(23-8)13(20)12(19)11(4-17)24-10/h8-14,17,19-20H,3-6H2,1-2H3,(H,16,18)/t8?,9-,10+,11?,12-,13?,14?/m0/s1. The molecule has 7 atom stereocenters. The van der Waals surface area contributed by atoms with Gasteiger partial charge in [0, 0.05) is 24.9 Å². The van der Waals surface area contributed by atoms with Crippen molar-refractivity contribution in [2.45, 2.75) is 56.0 Å². The molecule has 0 aliphatic carbocycles. The number of aliphatic hydroxyl groups is 3. The number of carbonyl (C=O) groups is 2. The lowest BCUT2D eigenvalue weighted by molar-refractivity contribution is -0.217. The van der Waals surface area contributed by atoms with Crippen LogP contribution in [0.2, 0.25) is 0 Å². The fraction of sp³-hybridized carbons (Fsp3) is 0.867. The van der Waals surface area contributed by atoms with Crippen LogP contribution >= 0.6 is 11.8 Å². The van der Waals surface area contributed by atoms with Crippen LogP contribution in [0.3, 0.4) is 0 Å². The fourth-order valence-electron chi connectivity index (χ4n) is 3.04. The molecule has 25 heavy (non-hydrogen) atoms. The number of fused-ring (bicyclic) bond motifs is 1. The van der Waals surface area contributed by atoms with Crippen LogP contribution in [-0.4, -0.2) is 95.1 Å². The smallest absolute Gasteiger partial charge is 0.329 e. The van der Waals surface area contributed by atoms with Gasteiger partial charge in [-0.1, -0.05) is 0 Å². The molecule has 2 rings (SSSR count). The molecule has 1 amide bonds. The predicted molar refractivity (Wildman–Crippen MR) is 88.0 cm³/mol. The number of hydrogen-bond acceptors (Lipinski definition) is 9. The number of hydrogen-bond donors (Lipinski definition) is 4. The zero-order valence-electron chi connectivity index (χ0n) is 14.2. The minimum Gasteiger partial charge on any atom is -0.467 e. The molecule has 0 saturated carbocycles. The molecule has 10 heteroatoms. The van der Waals surface area contributed by atoms with Gasteiger partial charge in [0.15, 0.2) is 0 Å². The van der Waals surface area contributed by atoms with Crippen LogP contribution in [0.1, 0.15) is 13.3 Å². The summed E-state index contributed by atoms with van der Waals surface area (Å²) in [5.74, 6) is 0.0130. The summed E-state index contributed by atoms with van der Waals surface area (Å²) in [7, 11) is 1.26. The first-order valence-electron chi connectivity index (χ1n) is 8.08. The van der Waals surface area contributed by atoms with Gasteiger partial charge >= 0.3 is 5.97 Å². The average Bonchev–Trinajstić information content (AvgIpc) is 2.99. The van der Waals surface area contributed by atoms with Gasteiger partial charge in [-0.25, -0.2) is 4.79 Å². The Labute approximate surface area is 150 Å². The van der Waals surface area contributed by atoms with Crippen molar-refractivity contribution in [1.29, 1.82) is 0 Å². The number of rotatable bonds is 7. The van der Waals surface area contributed by atoms with E-state index in [4.69, 9.17) is 9.47 Å². The summed E-state index contributed by atoms with van der Waals surface area (Å²) in [6, 6.07) is -0.737. The van der Waals surface area contributed by atoms with E-state index in [0.29, 0.717) is 17.9 Å². The minimum atomic E-state index is -1.19. The minimum absolute atomic E-state index is 0.227. The molecule has 0 aromatic carbocycles. The van der Waals surface area contributed by atoms with Gasteiger partial charge in [-0.05, 0) is 0 Å². The third-order valence-corrected chi connectivity index (χ3v) is 5.44. The topological polar surface area (TPSA) is 135 Å². The van der Waals surface area contributed by atoms with Crippen molar-refractivity contribution >= 4 is 23.6 Å². The van der Waals surface area contributed by atoms with Crippen LogP contribution in [0.15, 0.2) is 0 Å². The molecule has 0 bridgehead atoms. The molecule has 2 fully saturated rings. The fourth-order valence-corrected chi connectivity index (χ4v) is 4.11. The number of thioether (sulfide) groups is 1. The van der Waals surface area contributed by atoms with E-state index in [9.17, 15) is 24.9 Å². The largest absolute Gasteiger partial charge is 0.467 e. The Morgan fingerprint density at radius 3 is 2.64 bits per heavy atom. The van der Waals surface area contributed by atoms with Crippen molar-refractivity contribution < 1.29 is 39.1 Å². The SMILES string of the molecule is COC(=O)[C@H](CSCC1C[C@H]2OC(CO)[C@H](O)C(O)C2O1)NC(C)=O. The molecule has 2 aliphatic heterocycles. The molecular formula is C15H25NO8S. The number of methoxy groups -OCH3 is 1. The van der Waals surface area contributed by atoms with Gasteiger partial charge in [-0.2, -0.15) is 11.8 Å². The highest BCUT2D eigenvalue weighted by molar-refractivity contribution is 7.99. The van der Waals surface area contributed by atoms with E-state index >= 15 is 0 Å². The second-order valence-electron chi connectivity index (χ2n) is 6.15. The normalized spacial score (nSPS) is 35.7. The van der Waals surface area contributed by atoms with Crippen molar-refractivity contribution in [2.24, 2.45) is 0 Å². The van der Waals surface area contributed by atoms with Crippen molar-refractivity contribution in [1.82, 2.24) is 5.32 Å². The number of esters is 1. The molecule has 144 valence electrons. The third-order valence-electron chi connectivity index (χ3n) is 4.26. The Morgan fingerprint density at radius 1 is 1.32 bits per heavy atom. The van der Waals surface area contributed by atoms with E-state index in [2.05, 4.69) is 10.1 Å². The number of ether oxygens (including phenoxy) is 3. The quantitative estimate of drug-likeness (QED) is 0.372. The molecule has 0 aromatic heterocycles. The first-order valence-corrected chi connectivity index (χ1v) is 9.23. The lowest BCUT2D eigenvalue weighted by atomic mass is 9.95. The molecule has 9 nitrogen and oxygen atoms in total. The molecule has 0 spiro atoms. The highest BCUT2D eigenvalue weighted by atomic mass is 32.2. The Morgan fingerprint density at radius 2 is 2.04 bits per heavy atom. The van der Waals surface area contributed by atoms with Gasteiger partial charge in [0.05, 0.1) is 25.9 Å². The molecular weight excluding hydrogens is 354 g/mol. The third kappa shape index (κ3) is 5.05. The summed E-state index contributed by atoms with van der Waals surface area (Å²) < 4.78 is 16.0. The highest BCUT2D eigenvalue weighted by Crippen LogP contribution is 2.34. The Bertz CT molecular complexity index is 478. The Kier molecular flexibility index (Phi) is 7.47. The van der Waals surface area contributed by atoms with E-state index in [1.165, 1.54) is 25.8 Å². The first-order chi connectivity index (χ1) is 11.9. The molecule has 0 aromatic rings. The number of aliphatic hydroxyl groups excluding tert-OH is 3. The van der Waals surface area contributed by atoms with E-state index in [1.807, 2.05) is 0 Å². The van der Waals surface area contributed by atoms with Crippen LogP contribution in [0.25, 0.3) is 0 Å². The van der Waals surface area contributed by atoms with E-state index < -0.39 is 42.5 Å². The van der Waals surface area contributed by atoms with E-state index in [0.717, 1.165) is 0 Å². The van der Waals surface area contributed by atoms with Crippen LogP contribution < -0.4 is 5.32 Å². The number of nitrogens with one attached hydrogen (secondary N) is 1. The summed E-state index contributed by atoms with van der Waals surface area (Å²) >= 11 is 1.41. The maximum absolute atomic E-state index is 11.6. The van der Waals surface area contributed by atoms with Crippen molar-refractivity contribution in [3.05, 3.63) is 0 Å². The lowest BCUT2D eigenvalue weighted by Crippen LogP contribution is -2.57. The summed E-state index contributed by atoms with van der Waals surface area (Å²) in [5, 5.41) is 31.7. The van der Waals surface area contributed by atoms with Crippen molar-refractivity contribution in [3.63, 3.8) is 0 Å². The van der Waals surface area contributed by atoms with Gasteiger partial charge in [0.25, 0.3) is 0 Å². The number of carbonyl (C=O) groups excluding carboxylic acids is 2. The van der Waals surface area contributed by atoms with Gasteiger partial charge in [0.1, 0.15) is 30.5 Å². The van der Waals surface area contributed by atoms with E-state index in [1.54, 1.807) is 0 Å². The molecule has 4 unspecified atom stereocenters. The highest BCUT2D eigenvalue weighted by Gasteiger charge is 2.49. The second-order valence-corrected chi connectivity index (χ2v) is 7.22. The van der Waals surface area contributed by atoms with Crippen LogP contribution in [0, 0.1) is 0 Å². The van der Waals surface area contributed by atoms with E-state index in [-0.39, 0.29) is 18.6 Å². The predicted octanol–water partition coefficient (Wildman–Crippen LogP) is -1.96. The Hall–Kier alpha value is -0.910. The van der Waals surface area contributed by atoms with Crippen LogP contribution in [-0.2, 0) is 23.8 Å². The van der Waals surface area contributed by atoms with Gasteiger partial charge in [0.2, 0.25) is 5.91 Å². The summed E-state index contributed by atoms with van der Waals surface area (Å²) in [5.41, 5.74) is 0. The molecule has 2 saturated heterocycles. The lowest BCUT2D eigenvalue weighted by Gasteiger charge is -2.38. The maximum atomic E-state index is 11.6. The zero-order chi connectivity index (χ0) is 18.6. The Balaban J connectivity index is 1.82. The summed E-state index contributed by atoms with van der Waals surface area (Å²) in [6.07, 6.45) is -3.89. The van der Waals surface area contributed by atoms with Crippen LogP contribution in [0.5, 0.6) is 0 Å². The number of amides is 1. The van der Waals surface area contributed by atoms with Crippen molar-refractivity contribution in [3.8, 4) is 0 Å². The van der Waals surface area contributed by atoms with Gasteiger partial charge in [-0.3, -0.25) is 4.79 Å². The monoisotopic (exact) mass is 379 g/mol. The average molecular weight is 379 g/mol. The first kappa shape index (κ1) is 20.4. The second kappa shape index (κ2) is 9.15. The maximum Gasteiger partial charge on any atom is 0.329 e. The zero-order valence-corrected chi connectivity index (χ0v) is 15.0. The summed E-state index contributed by atoms with van der Waals surface area (Å²) in [4.78, 5) is 22.8. The molecule has 0 radical (unpaired) electrons. The van der Waals surface area contributed by atoms with Gasteiger partial charge < -0.3 is 34.8 Å². The van der Waals surface area contributed by atoms with Crippen LogP contribution in [0.4, 0.5) is 0 Å². The summed E-state index contributed by atoms with van der Waals surface area (Å²) in [6.45, 7) is 0.950. The molecule has 2 aliphatic rings. The molecule has 2 heterocycles.